The van der Waals surface area contributed by atoms with Crippen molar-refractivity contribution in [2.24, 2.45) is 5.73 Å². The number of hydrogen-bond donors (Lipinski definition) is 3. The first-order valence-corrected chi connectivity index (χ1v) is 10.1. The van der Waals surface area contributed by atoms with Gasteiger partial charge in [-0.3, -0.25) is 0 Å². The van der Waals surface area contributed by atoms with Crippen LogP contribution in [0.1, 0.15) is 35.1 Å². The maximum absolute atomic E-state index is 13.5. The fourth-order valence-electron chi connectivity index (χ4n) is 3.24. The van der Waals surface area contributed by atoms with Crippen LogP contribution in [0, 0.1) is 6.92 Å². The van der Waals surface area contributed by atoms with Gasteiger partial charge in [-0.1, -0.05) is 18.2 Å². The zero-order valence-corrected chi connectivity index (χ0v) is 19.1. The van der Waals surface area contributed by atoms with Gasteiger partial charge in [-0.05, 0) is 67.5 Å². The number of benzene rings is 2. The van der Waals surface area contributed by atoms with Crippen LogP contribution in [-0.4, -0.2) is 42.7 Å². The van der Waals surface area contributed by atoms with Crippen LogP contribution in [0.25, 0.3) is 0 Å². The number of rotatable bonds is 11. The van der Waals surface area contributed by atoms with Crippen molar-refractivity contribution in [1.82, 2.24) is 0 Å². The molecule has 0 aliphatic carbocycles. The third kappa shape index (κ3) is 7.85. The molecule has 5 nitrogen and oxygen atoms in total. The number of aryl methyl sites for hydroxylation is 3. The van der Waals surface area contributed by atoms with Crippen LogP contribution < -0.4 is 15.2 Å². The third-order valence-electron chi connectivity index (χ3n) is 5.22. The van der Waals surface area contributed by atoms with Crippen molar-refractivity contribution in [3.63, 3.8) is 0 Å². The van der Waals surface area contributed by atoms with Crippen LogP contribution in [0.5, 0.6) is 11.5 Å². The average molecular weight is 478 g/mol. The summed E-state index contributed by atoms with van der Waals surface area (Å²) in [6, 6.07) is 9.69. The third-order valence-corrected chi connectivity index (χ3v) is 5.22. The van der Waals surface area contributed by atoms with Crippen molar-refractivity contribution in [2.45, 2.75) is 44.3 Å². The van der Waals surface area contributed by atoms with E-state index >= 15 is 0 Å². The first-order valence-electron chi connectivity index (χ1n) is 10.1. The standard InChI is InChI=1S/C23H30F3NO4.ClH/c1-16-12-17(5-7-20(16)30-2)4-3-11-31-21-8-6-18(13-19(21)23(24,25)26)9-10-22(27,14-28)15-29;/h5-8,12-13,28-29H,3-4,9-11,14-15,27H2,1-2H3;1H. The maximum atomic E-state index is 13.5. The minimum absolute atomic E-state index is 0. The maximum Gasteiger partial charge on any atom is 0.419 e. The Morgan fingerprint density at radius 2 is 1.53 bits per heavy atom. The molecule has 0 unspecified atom stereocenters. The van der Waals surface area contributed by atoms with Gasteiger partial charge in [0.25, 0.3) is 0 Å². The van der Waals surface area contributed by atoms with E-state index in [1.165, 1.54) is 6.07 Å². The average Bonchev–Trinajstić information content (AvgIpc) is 2.75. The molecule has 0 fully saturated rings. The Labute approximate surface area is 192 Å². The van der Waals surface area contributed by atoms with Gasteiger partial charge in [0.05, 0.1) is 38.0 Å². The lowest BCUT2D eigenvalue weighted by molar-refractivity contribution is -0.139. The topological polar surface area (TPSA) is 84.9 Å². The normalized spacial score (nSPS) is 11.8. The molecular weight excluding hydrogens is 447 g/mol. The monoisotopic (exact) mass is 477 g/mol. The van der Waals surface area contributed by atoms with Gasteiger partial charge >= 0.3 is 6.18 Å². The second-order valence-electron chi connectivity index (χ2n) is 7.76. The highest BCUT2D eigenvalue weighted by atomic mass is 35.5. The molecule has 180 valence electrons. The number of ether oxygens (including phenoxy) is 2. The predicted molar refractivity (Wildman–Crippen MR) is 120 cm³/mol. The molecule has 0 amide bonds. The van der Waals surface area contributed by atoms with Gasteiger partial charge in [0, 0.05) is 0 Å². The molecule has 0 saturated heterocycles. The summed E-state index contributed by atoms with van der Waals surface area (Å²) >= 11 is 0. The molecule has 0 spiro atoms. The number of aliphatic hydroxyl groups excluding tert-OH is 2. The molecule has 0 saturated carbocycles. The number of aliphatic hydroxyl groups is 2. The van der Waals surface area contributed by atoms with Gasteiger partial charge in [-0.15, -0.1) is 12.4 Å². The number of halogens is 4. The molecule has 0 heterocycles. The Morgan fingerprint density at radius 3 is 2.06 bits per heavy atom. The molecule has 2 aromatic rings. The summed E-state index contributed by atoms with van der Waals surface area (Å²) in [6.07, 6.45) is -2.98. The lowest BCUT2D eigenvalue weighted by Crippen LogP contribution is -2.47. The Kier molecular flexibility index (Phi) is 10.8. The number of hydrogen-bond acceptors (Lipinski definition) is 5. The van der Waals surface area contributed by atoms with Gasteiger partial charge in [0.2, 0.25) is 0 Å². The van der Waals surface area contributed by atoms with Crippen LogP contribution in [0.4, 0.5) is 13.2 Å². The highest BCUT2D eigenvalue weighted by Crippen LogP contribution is 2.37. The number of methoxy groups -OCH3 is 1. The summed E-state index contributed by atoms with van der Waals surface area (Å²) in [5, 5.41) is 18.5. The molecule has 0 aromatic heterocycles. The lowest BCUT2D eigenvalue weighted by Gasteiger charge is -2.24. The molecule has 4 N–H and O–H groups in total. The Bertz CT molecular complexity index is 858. The first kappa shape index (κ1) is 28.0. The van der Waals surface area contributed by atoms with E-state index in [4.69, 9.17) is 15.2 Å². The van der Waals surface area contributed by atoms with Crippen LogP contribution in [0.15, 0.2) is 36.4 Å². The van der Waals surface area contributed by atoms with Crippen molar-refractivity contribution < 1.29 is 32.9 Å². The van der Waals surface area contributed by atoms with E-state index in [0.29, 0.717) is 18.4 Å². The second-order valence-corrected chi connectivity index (χ2v) is 7.76. The van der Waals surface area contributed by atoms with E-state index < -0.39 is 30.5 Å². The smallest absolute Gasteiger partial charge is 0.419 e. The quantitative estimate of drug-likeness (QED) is 0.425. The van der Waals surface area contributed by atoms with Crippen molar-refractivity contribution >= 4 is 12.4 Å². The molecule has 0 bridgehead atoms. The highest BCUT2D eigenvalue weighted by molar-refractivity contribution is 5.85. The van der Waals surface area contributed by atoms with Crippen LogP contribution in [0.3, 0.4) is 0 Å². The van der Waals surface area contributed by atoms with Gasteiger partial charge in [0.15, 0.2) is 0 Å². The van der Waals surface area contributed by atoms with Gasteiger partial charge in [0.1, 0.15) is 11.5 Å². The predicted octanol–water partition coefficient (Wildman–Crippen LogP) is 4.07. The van der Waals surface area contributed by atoms with E-state index in [1.54, 1.807) is 13.2 Å². The van der Waals surface area contributed by atoms with E-state index in [9.17, 15) is 23.4 Å². The van der Waals surface area contributed by atoms with Gasteiger partial charge in [-0.2, -0.15) is 13.2 Å². The van der Waals surface area contributed by atoms with Gasteiger partial charge < -0.3 is 25.4 Å². The minimum atomic E-state index is -4.56. The molecule has 0 aliphatic rings. The van der Waals surface area contributed by atoms with Crippen LogP contribution in [-0.2, 0) is 19.0 Å². The van der Waals surface area contributed by atoms with E-state index in [2.05, 4.69) is 0 Å². The zero-order chi connectivity index (χ0) is 23.1. The van der Waals surface area contributed by atoms with Crippen molar-refractivity contribution in [3.05, 3.63) is 58.7 Å². The Balaban J connectivity index is 0.00000512. The fourth-order valence-corrected chi connectivity index (χ4v) is 3.24. The SMILES string of the molecule is COc1ccc(CCCOc2ccc(CCC(N)(CO)CO)cc2C(F)(F)F)cc1C.Cl. The molecular formula is C23H31ClF3NO4. The van der Waals surface area contributed by atoms with E-state index in [1.807, 2.05) is 25.1 Å². The van der Waals surface area contributed by atoms with Crippen molar-refractivity contribution in [2.75, 3.05) is 26.9 Å². The summed E-state index contributed by atoms with van der Waals surface area (Å²) in [7, 11) is 1.60. The van der Waals surface area contributed by atoms with E-state index in [-0.39, 0.29) is 37.6 Å². The molecule has 9 heteroatoms. The minimum Gasteiger partial charge on any atom is -0.496 e. The lowest BCUT2D eigenvalue weighted by atomic mass is 9.93. The summed E-state index contributed by atoms with van der Waals surface area (Å²) in [6.45, 7) is 1.18. The zero-order valence-electron chi connectivity index (χ0n) is 18.2. The fraction of sp³-hybridized carbons (Fsp3) is 0.478. The molecule has 2 rings (SSSR count). The molecule has 0 radical (unpaired) electrons. The molecule has 2 aromatic carbocycles. The van der Waals surface area contributed by atoms with Crippen LogP contribution >= 0.6 is 12.4 Å². The van der Waals surface area contributed by atoms with Crippen LogP contribution in [0.2, 0.25) is 0 Å². The Morgan fingerprint density at radius 1 is 0.938 bits per heavy atom. The second kappa shape index (κ2) is 12.3. The summed E-state index contributed by atoms with van der Waals surface area (Å²) in [5.41, 5.74) is 6.19. The largest absolute Gasteiger partial charge is 0.496 e. The molecule has 0 aliphatic heterocycles. The van der Waals surface area contributed by atoms with Crippen molar-refractivity contribution in [1.29, 1.82) is 0 Å². The Hall–Kier alpha value is -2.00. The number of nitrogens with two attached hydrogens (primary N) is 1. The number of alkyl halides is 3. The first-order chi connectivity index (χ1) is 14.6. The summed E-state index contributed by atoms with van der Waals surface area (Å²) in [4.78, 5) is 0. The highest BCUT2D eigenvalue weighted by Gasteiger charge is 2.35. The van der Waals surface area contributed by atoms with E-state index in [0.717, 1.165) is 22.9 Å². The van der Waals surface area contributed by atoms with Gasteiger partial charge in [-0.25, -0.2) is 0 Å². The summed E-state index contributed by atoms with van der Waals surface area (Å²) in [5.74, 6) is 0.574. The summed E-state index contributed by atoms with van der Waals surface area (Å²) < 4.78 is 51.3. The molecule has 0 atom stereocenters. The van der Waals surface area contributed by atoms with Crippen molar-refractivity contribution in [3.8, 4) is 11.5 Å². The molecule has 32 heavy (non-hydrogen) atoms.